The molecule has 0 aliphatic carbocycles. The maximum atomic E-state index is 12.7. The van der Waals surface area contributed by atoms with E-state index in [1.54, 1.807) is 0 Å². The maximum Gasteiger partial charge on any atom is 0.229 e. The Kier molecular flexibility index (Phi) is 5.69. The van der Waals surface area contributed by atoms with E-state index in [4.69, 9.17) is 0 Å². The van der Waals surface area contributed by atoms with Crippen molar-refractivity contribution < 1.29 is 18.0 Å². The third-order valence-corrected chi connectivity index (χ3v) is 7.76. The lowest BCUT2D eigenvalue weighted by molar-refractivity contribution is -0.147. The van der Waals surface area contributed by atoms with E-state index in [9.17, 15) is 18.0 Å². The molecule has 8 nitrogen and oxygen atoms in total. The van der Waals surface area contributed by atoms with E-state index in [2.05, 4.69) is 9.55 Å². The molecule has 29 heavy (non-hydrogen) atoms. The van der Waals surface area contributed by atoms with Crippen molar-refractivity contribution in [2.75, 3.05) is 25.4 Å². The summed E-state index contributed by atoms with van der Waals surface area (Å²) in [4.78, 5) is 29.3. The summed E-state index contributed by atoms with van der Waals surface area (Å²) in [7, 11) is -3.48. The maximum absolute atomic E-state index is 12.7. The van der Waals surface area contributed by atoms with Crippen molar-refractivity contribution in [1.82, 2.24) is 18.8 Å². The number of hydrogen-bond donors (Lipinski definition) is 0. The molecule has 3 heterocycles. The highest BCUT2D eigenvalue weighted by molar-refractivity contribution is 7.89. The number of benzene rings is 1. The summed E-state index contributed by atoms with van der Waals surface area (Å²) in [6.07, 6.45) is 4.61. The second-order valence-electron chi connectivity index (χ2n) is 7.84. The monoisotopic (exact) mass is 418 g/mol. The van der Waals surface area contributed by atoms with Crippen LogP contribution in [0.3, 0.4) is 0 Å². The third kappa shape index (κ3) is 4.35. The van der Waals surface area contributed by atoms with Crippen molar-refractivity contribution in [3.05, 3.63) is 30.6 Å². The number of imidazole rings is 1. The summed E-state index contributed by atoms with van der Waals surface area (Å²) in [6.45, 7) is 1.73. The van der Waals surface area contributed by atoms with Crippen molar-refractivity contribution in [2.24, 2.45) is 5.92 Å². The van der Waals surface area contributed by atoms with E-state index >= 15 is 0 Å². The van der Waals surface area contributed by atoms with Crippen LogP contribution in [0.2, 0.25) is 0 Å². The van der Waals surface area contributed by atoms with Gasteiger partial charge < -0.3 is 4.57 Å². The fraction of sp³-hybridized carbons (Fsp3) is 0.550. The summed E-state index contributed by atoms with van der Waals surface area (Å²) in [5.41, 5.74) is 2.06. The first-order chi connectivity index (χ1) is 13.9. The zero-order chi connectivity index (χ0) is 20.4. The van der Waals surface area contributed by atoms with Gasteiger partial charge in [0.15, 0.2) is 0 Å². The normalized spacial score (nSPS) is 19.9. The molecule has 1 aromatic heterocycles. The highest BCUT2D eigenvalue weighted by Crippen LogP contribution is 2.24. The summed E-state index contributed by atoms with van der Waals surface area (Å²) in [5, 5.41) is 0. The quantitative estimate of drug-likeness (QED) is 0.665. The molecule has 9 heteroatoms. The molecule has 0 spiro atoms. The van der Waals surface area contributed by atoms with Crippen LogP contribution in [0.4, 0.5) is 0 Å². The standard InChI is InChI=1S/C20H26N4O4S/c25-19-6-3-7-20(26)24(19)12-13-29(27,28)23-10-8-16(9-11-23)14-22-15-21-17-4-1-2-5-18(17)22/h1-2,4-5,15-16H,3,6-14H2. The van der Waals surface area contributed by atoms with Gasteiger partial charge in [0.1, 0.15) is 0 Å². The van der Waals surface area contributed by atoms with Crippen LogP contribution in [0.15, 0.2) is 30.6 Å². The van der Waals surface area contributed by atoms with Crippen LogP contribution in [-0.4, -0.2) is 64.4 Å². The number of sulfonamides is 1. The molecule has 4 rings (SSSR count). The minimum atomic E-state index is -3.48. The molecule has 2 saturated heterocycles. The van der Waals surface area contributed by atoms with E-state index in [1.807, 2.05) is 30.6 Å². The lowest BCUT2D eigenvalue weighted by Gasteiger charge is -2.32. The van der Waals surface area contributed by atoms with Gasteiger partial charge in [0, 0.05) is 39.0 Å². The summed E-state index contributed by atoms with van der Waals surface area (Å²) >= 11 is 0. The molecule has 0 N–H and O–H groups in total. The number of aromatic nitrogens is 2. The number of fused-ring (bicyclic) bond motifs is 1. The minimum Gasteiger partial charge on any atom is -0.330 e. The van der Waals surface area contributed by atoms with Crippen LogP contribution in [0.1, 0.15) is 32.1 Å². The first-order valence-corrected chi connectivity index (χ1v) is 11.8. The summed E-state index contributed by atoms with van der Waals surface area (Å²) in [6, 6.07) is 7.99. The number of piperidine rings is 2. The first kappa shape index (κ1) is 20.0. The predicted molar refractivity (Wildman–Crippen MR) is 108 cm³/mol. The number of hydrogen-bond acceptors (Lipinski definition) is 5. The van der Waals surface area contributed by atoms with Crippen LogP contribution >= 0.6 is 0 Å². The Morgan fingerprint density at radius 3 is 2.45 bits per heavy atom. The summed E-state index contributed by atoms with van der Waals surface area (Å²) in [5.74, 6) is -0.323. The average Bonchev–Trinajstić information content (AvgIpc) is 3.11. The van der Waals surface area contributed by atoms with Crippen LogP contribution in [-0.2, 0) is 26.2 Å². The number of rotatable bonds is 6. The van der Waals surface area contributed by atoms with Gasteiger partial charge in [-0.3, -0.25) is 14.5 Å². The van der Waals surface area contributed by atoms with Crippen molar-refractivity contribution in [1.29, 1.82) is 0 Å². The highest BCUT2D eigenvalue weighted by atomic mass is 32.2. The fourth-order valence-electron chi connectivity index (χ4n) is 4.19. The average molecular weight is 419 g/mol. The second-order valence-corrected chi connectivity index (χ2v) is 9.93. The number of nitrogens with zero attached hydrogens (tertiary/aromatic N) is 4. The van der Waals surface area contributed by atoms with E-state index < -0.39 is 10.0 Å². The Morgan fingerprint density at radius 2 is 1.72 bits per heavy atom. The lowest BCUT2D eigenvalue weighted by Crippen LogP contribution is -2.46. The molecule has 0 atom stereocenters. The van der Waals surface area contributed by atoms with E-state index in [-0.39, 0.29) is 24.1 Å². The smallest absolute Gasteiger partial charge is 0.229 e. The fourth-order valence-corrected chi connectivity index (χ4v) is 5.63. The van der Waals surface area contributed by atoms with Gasteiger partial charge in [-0.25, -0.2) is 17.7 Å². The molecule has 1 aromatic carbocycles. The Balaban J connectivity index is 1.31. The number of carbonyl (C=O) groups is 2. The molecule has 2 aromatic rings. The molecule has 0 saturated carbocycles. The molecule has 2 amide bonds. The molecule has 0 bridgehead atoms. The largest absolute Gasteiger partial charge is 0.330 e. The number of amides is 2. The lowest BCUT2D eigenvalue weighted by atomic mass is 9.98. The number of carbonyl (C=O) groups excluding carboxylic acids is 2. The van der Waals surface area contributed by atoms with Crippen molar-refractivity contribution in [3.63, 3.8) is 0 Å². The SMILES string of the molecule is O=C1CCCC(=O)N1CCS(=O)(=O)N1CCC(Cn2cnc3ccccc32)CC1. The molecule has 0 radical (unpaired) electrons. The van der Waals surface area contributed by atoms with E-state index in [0.29, 0.717) is 38.3 Å². The van der Waals surface area contributed by atoms with Crippen molar-refractivity contribution in [2.45, 2.75) is 38.6 Å². The van der Waals surface area contributed by atoms with Crippen molar-refractivity contribution in [3.8, 4) is 0 Å². The van der Waals surface area contributed by atoms with Gasteiger partial charge >= 0.3 is 0 Å². The molecule has 0 unspecified atom stereocenters. The van der Waals surface area contributed by atoms with Crippen molar-refractivity contribution >= 4 is 32.9 Å². The number of imide groups is 1. The van der Waals surface area contributed by atoms with Gasteiger partial charge in [-0.1, -0.05) is 12.1 Å². The first-order valence-electron chi connectivity index (χ1n) is 10.1. The Labute approximate surface area is 170 Å². The van der Waals surface area contributed by atoms with Gasteiger partial charge in [0.05, 0.1) is 23.1 Å². The predicted octanol–water partition coefficient (Wildman–Crippen LogP) is 1.62. The van der Waals surface area contributed by atoms with Crippen LogP contribution < -0.4 is 0 Å². The van der Waals surface area contributed by atoms with E-state index in [0.717, 1.165) is 35.3 Å². The molecular formula is C20H26N4O4S. The van der Waals surface area contributed by atoms with Crippen LogP contribution in [0.25, 0.3) is 11.0 Å². The molecule has 2 fully saturated rings. The van der Waals surface area contributed by atoms with Gasteiger partial charge in [-0.2, -0.15) is 0 Å². The summed E-state index contributed by atoms with van der Waals surface area (Å²) < 4.78 is 29.0. The van der Waals surface area contributed by atoms with Gasteiger partial charge in [-0.15, -0.1) is 0 Å². The Hall–Kier alpha value is -2.26. The zero-order valence-corrected chi connectivity index (χ0v) is 17.2. The highest BCUT2D eigenvalue weighted by Gasteiger charge is 2.31. The van der Waals surface area contributed by atoms with Gasteiger partial charge in [-0.05, 0) is 37.3 Å². The molecule has 2 aliphatic heterocycles. The minimum absolute atomic E-state index is 0.0407. The van der Waals surface area contributed by atoms with Gasteiger partial charge in [0.2, 0.25) is 21.8 Å². The second kappa shape index (κ2) is 8.23. The van der Waals surface area contributed by atoms with E-state index in [1.165, 1.54) is 4.31 Å². The number of para-hydroxylation sites is 2. The van der Waals surface area contributed by atoms with Crippen LogP contribution in [0.5, 0.6) is 0 Å². The molecule has 156 valence electrons. The molecular weight excluding hydrogens is 392 g/mol. The topological polar surface area (TPSA) is 92.6 Å². The number of likely N-dealkylation sites (tertiary alicyclic amines) is 1. The van der Waals surface area contributed by atoms with Gasteiger partial charge in [0.25, 0.3) is 0 Å². The Morgan fingerprint density at radius 1 is 1.03 bits per heavy atom. The van der Waals surface area contributed by atoms with Crippen LogP contribution in [0, 0.1) is 5.92 Å². The Bertz CT molecular complexity index is 992. The third-order valence-electron chi connectivity index (χ3n) is 5.91. The molecule has 2 aliphatic rings. The zero-order valence-electron chi connectivity index (χ0n) is 16.4.